The van der Waals surface area contributed by atoms with Crippen LogP contribution in [0.5, 0.6) is 0 Å². The van der Waals surface area contributed by atoms with Gasteiger partial charge in [-0.25, -0.2) is 0 Å². The maximum Gasteiger partial charge on any atom is 0.0321 e. The van der Waals surface area contributed by atoms with Crippen LogP contribution >= 0.6 is 0 Å². The summed E-state index contributed by atoms with van der Waals surface area (Å²) in [5.74, 6) is 0.720. The molecule has 0 heterocycles. The van der Waals surface area contributed by atoms with Crippen LogP contribution in [0.15, 0.2) is 48.1 Å². The maximum atomic E-state index is 2.39. The van der Waals surface area contributed by atoms with Crippen LogP contribution in [-0.2, 0) is 0 Å². The lowest BCUT2D eigenvalue weighted by molar-refractivity contribution is 0.581. The summed E-state index contributed by atoms with van der Waals surface area (Å²) in [7, 11) is 0. The lowest BCUT2D eigenvalue weighted by Crippen LogP contribution is -2.12. The zero-order valence-electron chi connectivity index (χ0n) is 6.33. The SMILES string of the molecule is C1=CC2=CC3C=CC2(C=C1)C3. The van der Waals surface area contributed by atoms with Crippen molar-refractivity contribution >= 4 is 0 Å². The quantitative estimate of drug-likeness (QED) is 0.456. The predicted octanol–water partition coefficient (Wildman–Crippen LogP) is 2.61. The molecular formula is C11H10. The van der Waals surface area contributed by atoms with Crippen LogP contribution in [0.3, 0.4) is 0 Å². The summed E-state index contributed by atoms with van der Waals surface area (Å²) in [6, 6.07) is 0. The molecule has 1 spiro atoms. The molecule has 0 saturated heterocycles. The van der Waals surface area contributed by atoms with E-state index in [1.807, 2.05) is 0 Å². The van der Waals surface area contributed by atoms with E-state index in [0.29, 0.717) is 5.41 Å². The molecule has 0 N–H and O–H groups in total. The van der Waals surface area contributed by atoms with Crippen molar-refractivity contribution in [3.8, 4) is 0 Å². The molecular weight excluding hydrogens is 132 g/mol. The molecule has 0 saturated carbocycles. The summed E-state index contributed by atoms with van der Waals surface area (Å²) in [6.07, 6.45) is 17.2. The molecule has 0 amide bonds. The van der Waals surface area contributed by atoms with Crippen molar-refractivity contribution in [3.05, 3.63) is 48.1 Å². The van der Waals surface area contributed by atoms with Gasteiger partial charge in [-0.1, -0.05) is 42.5 Å². The van der Waals surface area contributed by atoms with E-state index in [1.54, 1.807) is 0 Å². The van der Waals surface area contributed by atoms with E-state index >= 15 is 0 Å². The van der Waals surface area contributed by atoms with E-state index in [2.05, 4.69) is 42.5 Å². The molecule has 0 fully saturated rings. The standard InChI is InChI=1S/C11H10/c1-2-5-11-6-4-9(8-11)7-10(11)3-1/h1-7,9H,8H2. The van der Waals surface area contributed by atoms with Crippen molar-refractivity contribution < 1.29 is 0 Å². The van der Waals surface area contributed by atoms with Crippen molar-refractivity contribution in [1.82, 2.24) is 0 Å². The zero-order valence-corrected chi connectivity index (χ0v) is 6.33. The number of hydrogen-bond acceptors (Lipinski definition) is 0. The third-order valence-electron chi connectivity index (χ3n) is 2.93. The number of fused-ring (bicyclic) bond motifs is 1. The van der Waals surface area contributed by atoms with E-state index in [0.717, 1.165) is 5.92 Å². The first-order chi connectivity index (χ1) is 5.39. The minimum absolute atomic E-state index is 0.319. The average molecular weight is 142 g/mol. The molecule has 3 rings (SSSR count). The highest BCUT2D eigenvalue weighted by atomic mass is 14.4. The van der Waals surface area contributed by atoms with Gasteiger partial charge in [0, 0.05) is 5.41 Å². The summed E-state index contributed by atoms with van der Waals surface area (Å²) in [5.41, 5.74) is 1.83. The zero-order chi connectivity index (χ0) is 7.31. The van der Waals surface area contributed by atoms with Gasteiger partial charge >= 0.3 is 0 Å². The molecule has 3 aliphatic carbocycles. The highest BCUT2D eigenvalue weighted by Gasteiger charge is 2.39. The number of rotatable bonds is 0. The Balaban J connectivity index is 2.22. The second-order valence-electron chi connectivity index (χ2n) is 3.61. The fourth-order valence-electron chi connectivity index (χ4n) is 2.35. The minimum atomic E-state index is 0.319. The normalized spacial score (nSPS) is 42.9. The summed E-state index contributed by atoms with van der Waals surface area (Å²) in [4.78, 5) is 0. The van der Waals surface area contributed by atoms with Crippen LogP contribution in [0.25, 0.3) is 0 Å². The largest absolute Gasteiger partial charge is 0.0803 e. The third kappa shape index (κ3) is 0.555. The van der Waals surface area contributed by atoms with Crippen molar-refractivity contribution in [2.45, 2.75) is 6.42 Å². The Hall–Kier alpha value is -1.04. The van der Waals surface area contributed by atoms with Crippen molar-refractivity contribution in [2.24, 2.45) is 11.3 Å². The van der Waals surface area contributed by atoms with Gasteiger partial charge in [-0.15, -0.1) is 0 Å². The molecule has 0 nitrogen and oxygen atoms in total. The van der Waals surface area contributed by atoms with Crippen LogP contribution in [-0.4, -0.2) is 0 Å². The minimum Gasteiger partial charge on any atom is -0.0803 e. The second kappa shape index (κ2) is 1.58. The highest BCUT2D eigenvalue weighted by molar-refractivity contribution is 5.50. The Morgan fingerprint density at radius 1 is 1.27 bits per heavy atom. The third-order valence-corrected chi connectivity index (χ3v) is 2.93. The molecule has 2 unspecified atom stereocenters. The van der Waals surface area contributed by atoms with Gasteiger partial charge in [-0.2, -0.15) is 0 Å². The molecule has 11 heavy (non-hydrogen) atoms. The first-order valence-electron chi connectivity index (χ1n) is 4.17. The smallest absolute Gasteiger partial charge is 0.0321 e. The Kier molecular flexibility index (Phi) is 0.803. The molecule has 2 atom stereocenters. The monoisotopic (exact) mass is 142 g/mol. The average Bonchev–Trinajstić information content (AvgIpc) is 2.57. The molecule has 0 heteroatoms. The second-order valence-corrected chi connectivity index (χ2v) is 3.61. The van der Waals surface area contributed by atoms with Gasteiger partial charge in [-0.05, 0) is 17.9 Å². The van der Waals surface area contributed by atoms with Crippen LogP contribution in [0, 0.1) is 11.3 Å². The van der Waals surface area contributed by atoms with Crippen molar-refractivity contribution in [3.63, 3.8) is 0 Å². The summed E-state index contributed by atoms with van der Waals surface area (Å²) < 4.78 is 0. The number of hydrogen-bond donors (Lipinski definition) is 0. The molecule has 54 valence electrons. The molecule has 0 aromatic carbocycles. The van der Waals surface area contributed by atoms with E-state index in [9.17, 15) is 0 Å². The van der Waals surface area contributed by atoms with Gasteiger partial charge in [0.1, 0.15) is 0 Å². The van der Waals surface area contributed by atoms with E-state index in [4.69, 9.17) is 0 Å². The van der Waals surface area contributed by atoms with Gasteiger partial charge in [0.2, 0.25) is 0 Å². The number of allylic oxidation sites excluding steroid dienone is 8. The highest BCUT2D eigenvalue weighted by Crippen LogP contribution is 2.51. The Morgan fingerprint density at radius 3 is 3.09 bits per heavy atom. The van der Waals surface area contributed by atoms with Crippen molar-refractivity contribution in [2.75, 3.05) is 0 Å². The van der Waals surface area contributed by atoms with Gasteiger partial charge in [-0.3, -0.25) is 0 Å². The lowest BCUT2D eigenvalue weighted by Gasteiger charge is -2.23. The lowest BCUT2D eigenvalue weighted by atomic mass is 9.80. The molecule has 0 radical (unpaired) electrons. The molecule has 0 aliphatic heterocycles. The Morgan fingerprint density at radius 2 is 2.27 bits per heavy atom. The summed E-state index contributed by atoms with van der Waals surface area (Å²) >= 11 is 0. The summed E-state index contributed by atoms with van der Waals surface area (Å²) in [6.45, 7) is 0. The van der Waals surface area contributed by atoms with E-state index in [1.165, 1.54) is 12.0 Å². The maximum absolute atomic E-state index is 2.39. The Labute approximate surface area is 66.6 Å². The van der Waals surface area contributed by atoms with Gasteiger partial charge in [0.15, 0.2) is 0 Å². The fraction of sp³-hybridized carbons (Fsp3) is 0.273. The van der Waals surface area contributed by atoms with E-state index < -0.39 is 0 Å². The van der Waals surface area contributed by atoms with Gasteiger partial charge < -0.3 is 0 Å². The molecule has 3 aliphatic rings. The van der Waals surface area contributed by atoms with Crippen LogP contribution < -0.4 is 0 Å². The van der Waals surface area contributed by atoms with Gasteiger partial charge in [0.05, 0.1) is 0 Å². The molecule has 0 aromatic heterocycles. The van der Waals surface area contributed by atoms with Crippen LogP contribution in [0.2, 0.25) is 0 Å². The first-order valence-corrected chi connectivity index (χ1v) is 4.17. The predicted molar refractivity (Wildman–Crippen MR) is 46.0 cm³/mol. The molecule has 2 bridgehead atoms. The Bertz CT molecular complexity index is 315. The first kappa shape index (κ1) is 5.59. The molecule has 0 aromatic rings. The topological polar surface area (TPSA) is 0 Å². The van der Waals surface area contributed by atoms with Crippen LogP contribution in [0.1, 0.15) is 6.42 Å². The van der Waals surface area contributed by atoms with Crippen molar-refractivity contribution in [1.29, 1.82) is 0 Å². The van der Waals surface area contributed by atoms with Crippen LogP contribution in [0.4, 0.5) is 0 Å². The van der Waals surface area contributed by atoms with Gasteiger partial charge in [0.25, 0.3) is 0 Å². The fourth-order valence-corrected chi connectivity index (χ4v) is 2.35. The van der Waals surface area contributed by atoms with E-state index in [-0.39, 0.29) is 0 Å². The summed E-state index contributed by atoms with van der Waals surface area (Å²) in [5, 5.41) is 0.